The molecule has 2 saturated heterocycles. The number of pyridine rings is 1. The lowest BCUT2D eigenvalue weighted by atomic mass is 9.60. The topological polar surface area (TPSA) is 39.6 Å². The van der Waals surface area contributed by atoms with E-state index in [0.717, 1.165) is 11.1 Å². The third-order valence-electron chi connectivity index (χ3n) is 6.06. The average molecular weight is 391 g/mol. The van der Waals surface area contributed by atoms with E-state index in [1.807, 2.05) is 35.2 Å². The van der Waals surface area contributed by atoms with Crippen molar-refractivity contribution in [2.24, 2.45) is 0 Å². The normalized spacial score (nSPS) is 24.7. The predicted molar refractivity (Wildman–Crippen MR) is 99.7 cm³/mol. The number of likely N-dealkylation sites (tertiary alicyclic amines) is 2. The number of hydrogen-bond acceptors (Lipinski definition) is 4. The number of aromatic nitrogens is 1. The minimum atomic E-state index is -4.13. The van der Waals surface area contributed by atoms with Crippen molar-refractivity contribution in [3.8, 4) is 0 Å². The maximum absolute atomic E-state index is 12.6. The van der Waals surface area contributed by atoms with Gasteiger partial charge in [-0.2, -0.15) is 13.2 Å². The fourth-order valence-corrected chi connectivity index (χ4v) is 4.87. The van der Waals surface area contributed by atoms with Crippen LogP contribution in [0.3, 0.4) is 0 Å². The van der Waals surface area contributed by atoms with Gasteiger partial charge in [-0.1, -0.05) is 36.4 Å². The molecule has 2 aromatic rings. The van der Waals surface area contributed by atoms with Crippen LogP contribution in [0, 0.1) is 0 Å². The van der Waals surface area contributed by atoms with Gasteiger partial charge in [0, 0.05) is 50.5 Å². The molecule has 1 aromatic carbocycles. The second kappa shape index (κ2) is 7.46. The van der Waals surface area contributed by atoms with Crippen LogP contribution in [0.15, 0.2) is 54.9 Å². The van der Waals surface area contributed by atoms with E-state index >= 15 is 0 Å². The molecular weight excluding hydrogens is 367 g/mol. The smallest absolute Gasteiger partial charge is 0.390 e. The highest BCUT2D eigenvalue weighted by molar-refractivity contribution is 5.36. The van der Waals surface area contributed by atoms with Gasteiger partial charge in [-0.05, 0) is 17.2 Å². The molecule has 1 spiro atoms. The summed E-state index contributed by atoms with van der Waals surface area (Å²) in [5.74, 6) is 0.109. The third kappa shape index (κ3) is 3.54. The van der Waals surface area contributed by atoms with Crippen LogP contribution >= 0.6 is 0 Å². The zero-order chi connectivity index (χ0) is 19.8. The quantitative estimate of drug-likeness (QED) is 0.822. The number of aliphatic hydroxyl groups excluding tert-OH is 1. The molecule has 28 heavy (non-hydrogen) atoms. The lowest BCUT2D eigenvalue weighted by Gasteiger charge is -2.71. The summed E-state index contributed by atoms with van der Waals surface area (Å²) in [4.78, 5) is 8.29. The van der Waals surface area contributed by atoms with Gasteiger partial charge in [0.2, 0.25) is 0 Å². The number of benzene rings is 1. The van der Waals surface area contributed by atoms with Crippen LogP contribution in [0.5, 0.6) is 0 Å². The Balaban J connectivity index is 1.55. The summed E-state index contributed by atoms with van der Waals surface area (Å²) in [6.45, 7) is 1.84. The van der Waals surface area contributed by atoms with Gasteiger partial charge in [0.05, 0.1) is 18.6 Å². The number of hydrogen-bond donors (Lipinski definition) is 1. The van der Waals surface area contributed by atoms with Crippen LogP contribution in [-0.2, 0) is 6.54 Å². The first-order valence-corrected chi connectivity index (χ1v) is 9.53. The molecule has 0 radical (unpaired) electrons. The van der Waals surface area contributed by atoms with Gasteiger partial charge in [0.15, 0.2) is 0 Å². The van der Waals surface area contributed by atoms with Crippen molar-refractivity contribution in [1.29, 1.82) is 0 Å². The van der Waals surface area contributed by atoms with Gasteiger partial charge in [0.1, 0.15) is 0 Å². The number of nitrogens with zero attached hydrogens (tertiary/aromatic N) is 3. The second-order valence-electron chi connectivity index (χ2n) is 7.81. The summed E-state index contributed by atoms with van der Waals surface area (Å²) in [5, 5.41) is 10.1. The number of rotatable bonds is 6. The lowest BCUT2D eigenvalue weighted by Crippen LogP contribution is -2.84. The Morgan fingerprint density at radius 1 is 1.11 bits per heavy atom. The first-order chi connectivity index (χ1) is 13.4. The van der Waals surface area contributed by atoms with Crippen molar-refractivity contribution in [1.82, 2.24) is 14.8 Å². The molecule has 0 bridgehead atoms. The standard InChI is InChI=1S/C21H24F3N3O/c22-21(23,24)8-10-26-14-20(15-26)19(17-6-2-1-3-7-17)18(13-28)27(20)12-16-5-4-9-25-11-16/h1-7,9,11,18-19,28H,8,10,12-15H2/t18-,19-/m1/s1. The van der Waals surface area contributed by atoms with Crippen molar-refractivity contribution in [3.05, 3.63) is 66.0 Å². The summed E-state index contributed by atoms with van der Waals surface area (Å²) in [6, 6.07) is 13.8. The summed E-state index contributed by atoms with van der Waals surface area (Å²) >= 11 is 0. The van der Waals surface area contributed by atoms with Crippen LogP contribution in [0.4, 0.5) is 13.2 Å². The number of aliphatic hydroxyl groups is 1. The molecule has 4 nitrogen and oxygen atoms in total. The average Bonchev–Trinajstić information content (AvgIpc) is 2.64. The van der Waals surface area contributed by atoms with Crippen molar-refractivity contribution in [2.75, 3.05) is 26.2 Å². The van der Waals surface area contributed by atoms with E-state index in [4.69, 9.17) is 0 Å². The van der Waals surface area contributed by atoms with Gasteiger partial charge < -0.3 is 5.11 Å². The van der Waals surface area contributed by atoms with Crippen LogP contribution in [0.25, 0.3) is 0 Å². The largest absolute Gasteiger partial charge is 0.395 e. The maximum Gasteiger partial charge on any atom is 0.390 e. The zero-order valence-electron chi connectivity index (χ0n) is 15.5. The minimum Gasteiger partial charge on any atom is -0.395 e. The van der Waals surface area contributed by atoms with E-state index in [2.05, 4.69) is 22.0 Å². The fourth-order valence-electron chi connectivity index (χ4n) is 4.87. The Morgan fingerprint density at radius 2 is 1.86 bits per heavy atom. The third-order valence-corrected chi connectivity index (χ3v) is 6.06. The van der Waals surface area contributed by atoms with Crippen LogP contribution in [0.2, 0.25) is 0 Å². The fraction of sp³-hybridized carbons (Fsp3) is 0.476. The van der Waals surface area contributed by atoms with E-state index in [9.17, 15) is 18.3 Å². The highest BCUT2D eigenvalue weighted by Gasteiger charge is 2.65. The molecule has 2 aliphatic rings. The Hall–Kier alpha value is -1.96. The molecule has 1 aromatic heterocycles. The van der Waals surface area contributed by atoms with E-state index in [0.29, 0.717) is 19.6 Å². The predicted octanol–water partition coefficient (Wildman–Crippen LogP) is 3.05. The van der Waals surface area contributed by atoms with E-state index < -0.39 is 12.6 Å². The van der Waals surface area contributed by atoms with E-state index in [-0.39, 0.29) is 30.7 Å². The number of alkyl halides is 3. The van der Waals surface area contributed by atoms with Crippen LogP contribution in [-0.4, -0.2) is 63.9 Å². The van der Waals surface area contributed by atoms with Crippen LogP contribution in [0.1, 0.15) is 23.5 Å². The highest BCUT2D eigenvalue weighted by Crippen LogP contribution is 2.54. The first-order valence-electron chi connectivity index (χ1n) is 9.53. The van der Waals surface area contributed by atoms with Gasteiger partial charge in [0.25, 0.3) is 0 Å². The van der Waals surface area contributed by atoms with Gasteiger partial charge in [-0.15, -0.1) is 0 Å². The molecule has 4 rings (SSSR count). The molecule has 2 atom stereocenters. The molecule has 150 valence electrons. The Kier molecular flexibility index (Phi) is 5.16. The SMILES string of the molecule is OC[C@@H]1[C@@H](c2ccccc2)C2(CN(CCC(F)(F)F)C2)N1Cc1cccnc1. The lowest BCUT2D eigenvalue weighted by molar-refractivity contribution is -0.204. The van der Waals surface area contributed by atoms with Gasteiger partial charge >= 0.3 is 6.18 Å². The van der Waals surface area contributed by atoms with Crippen molar-refractivity contribution in [3.63, 3.8) is 0 Å². The molecule has 3 heterocycles. The molecule has 1 N–H and O–H groups in total. The highest BCUT2D eigenvalue weighted by atomic mass is 19.4. The zero-order valence-corrected chi connectivity index (χ0v) is 15.5. The molecule has 7 heteroatoms. The Bertz CT molecular complexity index is 778. The first kappa shape index (κ1) is 19.4. The van der Waals surface area contributed by atoms with Crippen LogP contribution < -0.4 is 0 Å². The minimum absolute atomic E-state index is 0.0180. The van der Waals surface area contributed by atoms with E-state index in [1.165, 1.54) is 0 Å². The van der Waals surface area contributed by atoms with Gasteiger partial charge in [-0.3, -0.25) is 14.8 Å². The molecule has 0 aliphatic carbocycles. The molecule has 0 unspecified atom stereocenters. The molecule has 2 fully saturated rings. The number of halogens is 3. The molecular formula is C21H24F3N3O. The van der Waals surface area contributed by atoms with Gasteiger partial charge in [-0.25, -0.2) is 0 Å². The van der Waals surface area contributed by atoms with Crippen molar-refractivity contribution in [2.45, 2.75) is 36.6 Å². The monoisotopic (exact) mass is 391 g/mol. The summed E-state index contributed by atoms with van der Waals surface area (Å²) in [7, 11) is 0. The summed E-state index contributed by atoms with van der Waals surface area (Å²) < 4.78 is 37.8. The van der Waals surface area contributed by atoms with Crippen molar-refractivity contribution < 1.29 is 18.3 Å². The molecule has 0 saturated carbocycles. The van der Waals surface area contributed by atoms with Crippen molar-refractivity contribution >= 4 is 0 Å². The second-order valence-corrected chi connectivity index (χ2v) is 7.81. The maximum atomic E-state index is 12.6. The molecule has 0 amide bonds. The Morgan fingerprint density at radius 3 is 2.46 bits per heavy atom. The van der Waals surface area contributed by atoms with E-state index in [1.54, 1.807) is 12.4 Å². The Labute approximate surface area is 162 Å². The summed E-state index contributed by atoms with van der Waals surface area (Å²) in [6.07, 6.45) is -1.40. The summed E-state index contributed by atoms with van der Waals surface area (Å²) in [5.41, 5.74) is 1.94. The molecule has 2 aliphatic heterocycles.